The van der Waals surface area contributed by atoms with Gasteiger partial charge in [-0.1, -0.05) is 0 Å². The molecule has 2 rings (SSSR count). The lowest BCUT2D eigenvalue weighted by Gasteiger charge is -2.22. The van der Waals surface area contributed by atoms with E-state index >= 15 is 0 Å². The number of fused-ring (bicyclic) bond motifs is 2. The molecule has 0 saturated carbocycles. The van der Waals surface area contributed by atoms with Gasteiger partial charge in [-0.3, -0.25) is 4.99 Å². The second-order valence-electron chi connectivity index (χ2n) is 5.51. The zero-order valence-electron chi connectivity index (χ0n) is 13.2. The molecular formula is C13H27IN4O3S. The molecule has 0 spiro atoms. The van der Waals surface area contributed by atoms with Crippen LogP contribution in [-0.2, 0) is 14.8 Å². The molecule has 3 N–H and O–H groups in total. The van der Waals surface area contributed by atoms with Crippen molar-refractivity contribution in [3.63, 3.8) is 0 Å². The molecule has 0 aromatic rings. The fraction of sp³-hybridized carbons (Fsp3) is 0.923. The van der Waals surface area contributed by atoms with Gasteiger partial charge in [-0.2, -0.15) is 0 Å². The van der Waals surface area contributed by atoms with Gasteiger partial charge in [0.1, 0.15) is 0 Å². The predicted molar refractivity (Wildman–Crippen MR) is 98.3 cm³/mol. The highest BCUT2D eigenvalue weighted by molar-refractivity contribution is 14.0. The summed E-state index contributed by atoms with van der Waals surface area (Å²) in [4.78, 5) is 4.20. The number of rotatable bonds is 7. The summed E-state index contributed by atoms with van der Waals surface area (Å²) in [5, 5.41) is 6.60. The minimum atomic E-state index is -3.09. The summed E-state index contributed by atoms with van der Waals surface area (Å²) in [7, 11) is -1.35. The van der Waals surface area contributed by atoms with Gasteiger partial charge in [-0.15, -0.1) is 24.0 Å². The van der Waals surface area contributed by atoms with E-state index in [2.05, 4.69) is 20.3 Å². The lowest BCUT2D eigenvalue weighted by molar-refractivity contribution is 0.0992. The summed E-state index contributed by atoms with van der Waals surface area (Å²) in [5.41, 5.74) is 0. The zero-order valence-corrected chi connectivity index (χ0v) is 16.3. The van der Waals surface area contributed by atoms with Crippen molar-refractivity contribution in [3.8, 4) is 0 Å². The van der Waals surface area contributed by atoms with Crippen molar-refractivity contribution >= 4 is 40.0 Å². The highest BCUT2D eigenvalue weighted by Crippen LogP contribution is 2.34. The van der Waals surface area contributed by atoms with E-state index in [1.54, 1.807) is 14.0 Å². The number of hydrogen-bond acceptors (Lipinski definition) is 4. The van der Waals surface area contributed by atoms with Crippen LogP contribution in [0.5, 0.6) is 0 Å². The van der Waals surface area contributed by atoms with E-state index in [1.807, 2.05) is 0 Å². The van der Waals surface area contributed by atoms with Gasteiger partial charge in [0.15, 0.2) is 5.96 Å². The fourth-order valence-electron chi connectivity index (χ4n) is 2.78. The summed E-state index contributed by atoms with van der Waals surface area (Å²) >= 11 is 0. The first-order valence-electron chi connectivity index (χ1n) is 7.64. The van der Waals surface area contributed by atoms with Crippen LogP contribution >= 0.6 is 24.0 Å². The van der Waals surface area contributed by atoms with E-state index in [0.29, 0.717) is 37.8 Å². The van der Waals surface area contributed by atoms with Crippen LogP contribution in [0.25, 0.3) is 0 Å². The lowest BCUT2D eigenvalue weighted by Crippen LogP contribution is -2.47. The quantitative estimate of drug-likeness (QED) is 0.228. The summed E-state index contributed by atoms with van der Waals surface area (Å²) < 4.78 is 30.9. The second kappa shape index (κ2) is 9.24. The molecule has 0 aromatic carbocycles. The van der Waals surface area contributed by atoms with Crippen LogP contribution in [0.2, 0.25) is 0 Å². The number of hydrogen-bond donors (Lipinski definition) is 3. The molecule has 130 valence electrons. The van der Waals surface area contributed by atoms with E-state index in [4.69, 9.17) is 4.74 Å². The van der Waals surface area contributed by atoms with Gasteiger partial charge in [0, 0.05) is 20.1 Å². The molecular weight excluding hydrogens is 419 g/mol. The lowest BCUT2D eigenvalue weighted by atomic mass is 9.96. The van der Waals surface area contributed by atoms with Crippen LogP contribution in [0.1, 0.15) is 32.6 Å². The smallest absolute Gasteiger partial charge is 0.211 e. The first kappa shape index (κ1) is 19.9. The molecule has 3 unspecified atom stereocenters. The third kappa shape index (κ3) is 5.82. The Kier molecular flexibility index (Phi) is 8.36. The van der Waals surface area contributed by atoms with E-state index < -0.39 is 10.0 Å². The van der Waals surface area contributed by atoms with E-state index in [0.717, 1.165) is 18.8 Å². The Bertz CT molecular complexity index is 472. The molecule has 3 atom stereocenters. The normalized spacial score (nSPS) is 27.5. The van der Waals surface area contributed by atoms with Crippen molar-refractivity contribution in [2.24, 2.45) is 4.99 Å². The number of aliphatic imine (C=N–C) groups is 1. The Hall–Kier alpha value is -0.130. The molecule has 0 radical (unpaired) electrons. The largest absolute Gasteiger partial charge is 0.373 e. The number of halogens is 1. The Morgan fingerprint density at radius 1 is 1.32 bits per heavy atom. The Balaban J connectivity index is 0.00000242. The third-order valence-electron chi connectivity index (χ3n) is 4.00. The van der Waals surface area contributed by atoms with Crippen LogP contribution in [-0.4, -0.2) is 58.5 Å². The average Bonchev–Trinajstić information content (AvgIpc) is 3.08. The van der Waals surface area contributed by atoms with Crippen LogP contribution in [0, 0.1) is 0 Å². The molecule has 2 heterocycles. The van der Waals surface area contributed by atoms with Gasteiger partial charge in [-0.25, -0.2) is 13.1 Å². The van der Waals surface area contributed by atoms with Gasteiger partial charge in [-0.05, 0) is 32.6 Å². The average molecular weight is 446 g/mol. The topological polar surface area (TPSA) is 91.8 Å². The van der Waals surface area contributed by atoms with Gasteiger partial charge >= 0.3 is 0 Å². The van der Waals surface area contributed by atoms with Crippen molar-refractivity contribution in [1.82, 2.24) is 15.4 Å². The maximum atomic E-state index is 11.3. The summed E-state index contributed by atoms with van der Waals surface area (Å²) in [6.07, 6.45) is 4.78. The summed E-state index contributed by atoms with van der Waals surface area (Å²) in [6.45, 7) is 2.74. The van der Waals surface area contributed by atoms with E-state index in [1.165, 1.54) is 6.42 Å². The highest BCUT2D eigenvalue weighted by Gasteiger charge is 2.41. The first-order chi connectivity index (χ1) is 10.0. The van der Waals surface area contributed by atoms with Crippen LogP contribution in [0.3, 0.4) is 0 Å². The Labute approximate surface area is 150 Å². The third-order valence-corrected chi connectivity index (χ3v) is 5.40. The van der Waals surface area contributed by atoms with Gasteiger partial charge in [0.05, 0.1) is 24.0 Å². The molecule has 0 aliphatic carbocycles. The summed E-state index contributed by atoms with van der Waals surface area (Å²) in [6, 6.07) is 0.341. The van der Waals surface area contributed by atoms with Crippen molar-refractivity contribution in [3.05, 3.63) is 0 Å². The van der Waals surface area contributed by atoms with Gasteiger partial charge < -0.3 is 15.4 Å². The SMILES string of the molecule is CCS(=O)(=O)NCCCNC(=NC)NC1CC2CCC1O2.I. The highest BCUT2D eigenvalue weighted by atomic mass is 127. The molecule has 22 heavy (non-hydrogen) atoms. The summed E-state index contributed by atoms with van der Waals surface area (Å²) in [5.74, 6) is 0.878. The zero-order chi connectivity index (χ0) is 15.3. The number of ether oxygens (including phenoxy) is 1. The van der Waals surface area contributed by atoms with Crippen LogP contribution < -0.4 is 15.4 Å². The predicted octanol–water partition coefficient (Wildman–Crippen LogP) is 0.419. The molecule has 9 heteroatoms. The second-order valence-corrected chi connectivity index (χ2v) is 7.61. The van der Waals surface area contributed by atoms with Crippen molar-refractivity contribution < 1.29 is 13.2 Å². The molecule has 7 nitrogen and oxygen atoms in total. The molecule has 2 fully saturated rings. The monoisotopic (exact) mass is 446 g/mol. The molecule has 2 aliphatic heterocycles. The minimum Gasteiger partial charge on any atom is -0.373 e. The van der Waals surface area contributed by atoms with Gasteiger partial charge in [0.25, 0.3) is 0 Å². The standard InChI is InChI=1S/C13H26N4O3S.HI/c1-3-21(18,19)16-8-4-7-15-13(14-2)17-11-9-10-5-6-12(11)20-10;/h10-12,16H,3-9H2,1-2H3,(H2,14,15,17);1H. The van der Waals surface area contributed by atoms with Gasteiger partial charge in [0.2, 0.25) is 10.0 Å². The minimum absolute atomic E-state index is 0. The first-order valence-corrected chi connectivity index (χ1v) is 9.29. The molecule has 2 aliphatic rings. The van der Waals surface area contributed by atoms with Crippen molar-refractivity contribution in [1.29, 1.82) is 0 Å². The van der Waals surface area contributed by atoms with Crippen molar-refractivity contribution in [2.45, 2.75) is 50.9 Å². The van der Waals surface area contributed by atoms with Crippen molar-refractivity contribution in [2.75, 3.05) is 25.9 Å². The number of nitrogens with zero attached hydrogens (tertiary/aromatic N) is 1. The van der Waals surface area contributed by atoms with Crippen LogP contribution in [0.15, 0.2) is 4.99 Å². The number of sulfonamides is 1. The molecule has 2 bridgehead atoms. The fourth-order valence-corrected chi connectivity index (χ4v) is 3.44. The molecule has 0 aromatic heterocycles. The molecule has 0 amide bonds. The maximum Gasteiger partial charge on any atom is 0.211 e. The Morgan fingerprint density at radius 2 is 2.09 bits per heavy atom. The maximum absolute atomic E-state index is 11.3. The van der Waals surface area contributed by atoms with E-state index in [9.17, 15) is 8.42 Å². The molecule has 2 saturated heterocycles. The Morgan fingerprint density at radius 3 is 2.64 bits per heavy atom. The number of nitrogens with one attached hydrogen (secondary N) is 3. The van der Waals surface area contributed by atoms with E-state index in [-0.39, 0.29) is 29.7 Å². The van der Waals surface area contributed by atoms with Crippen LogP contribution in [0.4, 0.5) is 0 Å². The number of guanidine groups is 1.